The quantitative estimate of drug-likeness (QED) is 0.527. The number of rotatable bonds is 0. The lowest BCUT2D eigenvalue weighted by molar-refractivity contribution is 1.04. The summed E-state index contributed by atoms with van der Waals surface area (Å²) in [4.78, 5) is 6.80. The van der Waals surface area contributed by atoms with Crippen molar-refractivity contribution < 1.29 is 0 Å². The number of thiocarbonyl (C=S) groups is 1. The topological polar surface area (TPSA) is 28.2 Å². The summed E-state index contributed by atoms with van der Waals surface area (Å²) in [6.45, 7) is 0.688. The second-order valence-corrected chi connectivity index (χ2v) is 3.75. The van der Waals surface area contributed by atoms with Crippen molar-refractivity contribution in [1.82, 2.24) is 4.98 Å². The van der Waals surface area contributed by atoms with Crippen LogP contribution in [0.1, 0.15) is 0 Å². The molecule has 0 atom stereocenters. The summed E-state index contributed by atoms with van der Waals surface area (Å²) in [5, 5.41) is 3.61. The van der Waals surface area contributed by atoms with E-state index in [-0.39, 0.29) is 0 Å². The smallest absolute Gasteiger partial charge is 0.154 e. The van der Waals surface area contributed by atoms with Crippen molar-refractivity contribution in [2.24, 2.45) is 0 Å². The maximum Gasteiger partial charge on any atom is 0.154 e. The van der Waals surface area contributed by atoms with E-state index in [2.05, 4.69) is 10.3 Å². The van der Waals surface area contributed by atoms with E-state index in [9.17, 15) is 0 Å². The number of anilines is 2. The second-order valence-electron chi connectivity index (χ2n) is 2.90. The number of fused-ring (bicyclic) bond motifs is 1. The lowest BCUT2D eigenvalue weighted by atomic mass is 10.2. The highest BCUT2D eigenvalue weighted by Crippen LogP contribution is 2.33. The SMILES string of the molecule is CN1CC(=S)Nc2ccnc(Cl)c21. The highest BCUT2D eigenvalue weighted by atomic mass is 35.5. The molecular formula is C8H8ClN3S. The van der Waals surface area contributed by atoms with Crippen molar-refractivity contribution in [2.75, 3.05) is 23.8 Å². The first-order valence-corrected chi connectivity index (χ1v) is 4.62. The molecule has 0 aliphatic carbocycles. The van der Waals surface area contributed by atoms with E-state index in [4.69, 9.17) is 23.8 Å². The Morgan fingerprint density at radius 2 is 2.46 bits per heavy atom. The van der Waals surface area contributed by atoms with Gasteiger partial charge in [0.25, 0.3) is 0 Å². The summed E-state index contributed by atoms with van der Waals surface area (Å²) < 4.78 is 0. The fourth-order valence-electron chi connectivity index (χ4n) is 1.38. The van der Waals surface area contributed by atoms with E-state index in [1.807, 2.05) is 18.0 Å². The largest absolute Gasteiger partial charge is 0.364 e. The van der Waals surface area contributed by atoms with Gasteiger partial charge in [0.05, 0.1) is 22.9 Å². The highest BCUT2D eigenvalue weighted by molar-refractivity contribution is 7.80. The van der Waals surface area contributed by atoms with Gasteiger partial charge in [0.2, 0.25) is 0 Å². The van der Waals surface area contributed by atoms with Crippen LogP contribution in [0.15, 0.2) is 12.3 Å². The zero-order valence-corrected chi connectivity index (χ0v) is 8.61. The molecule has 1 N–H and O–H groups in total. The summed E-state index contributed by atoms with van der Waals surface area (Å²) in [7, 11) is 1.94. The number of likely N-dealkylation sites (N-methyl/N-ethyl adjacent to an activating group) is 1. The van der Waals surface area contributed by atoms with E-state index < -0.39 is 0 Å². The number of pyridine rings is 1. The molecule has 13 heavy (non-hydrogen) atoms. The Morgan fingerprint density at radius 1 is 1.69 bits per heavy atom. The predicted molar refractivity (Wildman–Crippen MR) is 58.7 cm³/mol. The van der Waals surface area contributed by atoms with Gasteiger partial charge in [0, 0.05) is 13.2 Å². The molecule has 2 heterocycles. The maximum absolute atomic E-state index is 5.95. The van der Waals surface area contributed by atoms with Crippen LogP contribution in [0.5, 0.6) is 0 Å². The van der Waals surface area contributed by atoms with Crippen LogP contribution in [0.3, 0.4) is 0 Å². The Balaban J connectivity index is 2.55. The van der Waals surface area contributed by atoms with Crippen LogP contribution in [-0.4, -0.2) is 23.6 Å². The zero-order chi connectivity index (χ0) is 9.42. The Labute approximate surface area is 86.7 Å². The van der Waals surface area contributed by atoms with Crippen LogP contribution < -0.4 is 10.2 Å². The van der Waals surface area contributed by atoms with E-state index >= 15 is 0 Å². The van der Waals surface area contributed by atoms with Gasteiger partial charge in [0.1, 0.15) is 0 Å². The first kappa shape index (κ1) is 8.72. The average Bonchev–Trinajstić information content (AvgIpc) is 2.02. The highest BCUT2D eigenvalue weighted by Gasteiger charge is 2.19. The number of hydrogen-bond donors (Lipinski definition) is 1. The van der Waals surface area contributed by atoms with Gasteiger partial charge in [0.15, 0.2) is 5.15 Å². The van der Waals surface area contributed by atoms with Crippen molar-refractivity contribution >= 4 is 40.2 Å². The molecule has 1 aliphatic rings. The number of nitrogens with one attached hydrogen (secondary N) is 1. The van der Waals surface area contributed by atoms with Gasteiger partial charge in [-0.3, -0.25) is 0 Å². The zero-order valence-electron chi connectivity index (χ0n) is 7.04. The Hall–Kier alpha value is -0.870. The molecule has 0 spiro atoms. The molecule has 0 unspecified atom stereocenters. The molecule has 0 saturated heterocycles. The van der Waals surface area contributed by atoms with E-state index in [1.54, 1.807) is 6.20 Å². The second kappa shape index (κ2) is 3.12. The fraction of sp³-hybridized carbons (Fsp3) is 0.250. The molecule has 5 heteroatoms. The molecule has 0 radical (unpaired) electrons. The first-order valence-electron chi connectivity index (χ1n) is 3.84. The Bertz CT molecular complexity index is 366. The van der Waals surface area contributed by atoms with Crippen molar-refractivity contribution in [3.05, 3.63) is 17.4 Å². The third-order valence-electron chi connectivity index (χ3n) is 1.92. The third kappa shape index (κ3) is 1.47. The van der Waals surface area contributed by atoms with Gasteiger partial charge in [-0.25, -0.2) is 4.98 Å². The minimum Gasteiger partial charge on any atom is -0.364 e. The molecule has 2 rings (SSSR count). The Morgan fingerprint density at radius 3 is 3.23 bits per heavy atom. The molecule has 0 fully saturated rings. The molecule has 0 amide bonds. The van der Waals surface area contributed by atoms with E-state index in [1.165, 1.54) is 0 Å². The summed E-state index contributed by atoms with van der Waals surface area (Å²) >= 11 is 11.0. The molecule has 1 aromatic heterocycles. The lowest BCUT2D eigenvalue weighted by Gasteiger charge is -2.29. The summed E-state index contributed by atoms with van der Waals surface area (Å²) in [6.07, 6.45) is 1.66. The summed E-state index contributed by atoms with van der Waals surface area (Å²) in [6, 6.07) is 1.86. The normalized spacial score (nSPS) is 15.2. The van der Waals surface area contributed by atoms with Gasteiger partial charge in [-0.1, -0.05) is 23.8 Å². The lowest BCUT2D eigenvalue weighted by Crippen LogP contribution is -2.34. The minimum absolute atomic E-state index is 0.509. The first-order chi connectivity index (χ1) is 6.18. The standard InChI is InChI=1S/C8H8ClN3S/c1-12-4-6(13)11-5-2-3-10-8(9)7(5)12/h2-3H,4H2,1H3,(H,11,13). The summed E-state index contributed by atoms with van der Waals surface area (Å²) in [5.41, 5.74) is 1.84. The number of aromatic nitrogens is 1. The number of hydrogen-bond acceptors (Lipinski definition) is 3. The van der Waals surface area contributed by atoms with Crippen LogP contribution >= 0.6 is 23.8 Å². The monoisotopic (exact) mass is 213 g/mol. The van der Waals surface area contributed by atoms with Gasteiger partial charge in [-0.15, -0.1) is 0 Å². The molecule has 0 bridgehead atoms. The molecular weight excluding hydrogens is 206 g/mol. The molecule has 1 aliphatic heterocycles. The molecule has 1 aromatic rings. The molecule has 68 valence electrons. The van der Waals surface area contributed by atoms with E-state index in [0.717, 1.165) is 16.4 Å². The fourth-order valence-corrected chi connectivity index (χ4v) is 1.98. The van der Waals surface area contributed by atoms with Crippen LogP contribution in [0, 0.1) is 0 Å². The van der Waals surface area contributed by atoms with Crippen molar-refractivity contribution in [1.29, 1.82) is 0 Å². The van der Waals surface area contributed by atoms with Crippen LogP contribution in [0.2, 0.25) is 5.15 Å². The number of halogens is 1. The van der Waals surface area contributed by atoms with Crippen molar-refractivity contribution in [2.45, 2.75) is 0 Å². The maximum atomic E-state index is 5.95. The number of nitrogens with zero attached hydrogens (tertiary/aromatic N) is 2. The van der Waals surface area contributed by atoms with Crippen molar-refractivity contribution in [3.63, 3.8) is 0 Å². The molecule has 0 aromatic carbocycles. The van der Waals surface area contributed by atoms with E-state index in [0.29, 0.717) is 11.7 Å². The third-order valence-corrected chi connectivity index (χ3v) is 2.42. The van der Waals surface area contributed by atoms with Gasteiger partial charge >= 0.3 is 0 Å². The van der Waals surface area contributed by atoms with Crippen molar-refractivity contribution in [3.8, 4) is 0 Å². The summed E-state index contributed by atoms with van der Waals surface area (Å²) in [5.74, 6) is 0. The van der Waals surface area contributed by atoms with Crippen LogP contribution in [-0.2, 0) is 0 Å². The van der Waals surface area contributed by atoms with Gasteiger partial charge < -0.3 is 10.2 Å². The molecule has 0 saturated carbocycles. The van der Waals surface area contributed by atoms with Crippen LogP contribution in [0.4, 0.5) is 11.4 Å². The van der Waals surface area contributed by atoms with Gasteiger partial charge in [-0.05, 0) is 6.07 Å². The average molecular weight is 214 g/mol. The minimum atomic E-state index is 0.509. The predicted octanol–water partition coefficient (Wildman–Crippen LogP) is 1.92. The van der Waals surface area contributed by atoms with Crippen LogP contribution in [0.25, 0.3) is 0 Å². The van der Waals surface area contributed by atoms with Gasteiger partial charge in [-0.2, -0.15) is 0 Å². The Kier molecular flexibility index (Phi) is 2.09. The molecule has 3 nitrogen and oxygen atoms in total.